The van der Waals surface area contributed by atoms with Gasteiger partial charge in [0, 0.05) is 18.1 Å². The maximum absolute atomic E-state index is 12.1. The van der Waals surface area contributed by atoms with Crippen LogP contribution in [-0.4, -0.2) is 23.4 Å². The molecule has 0 aliphatic heterocycles. The summed E-state index contributed by atoms with van der Waals surface area (Å²) in [6.07, 6.45) is 2.85. The van der Waals surface area contributed by atoms with Crippen molar-refractivity contribution in [2.24, 2.45) is 0 Å². The molecule has 0 spiro atoms. The Morgan fingerprint density at radius 1 is 1.14 bits per heavy atom. The zero-order valence-electron chi connectivity index (χ0n) is 11.3. The number of benzene rings is 1. The van der Waals surface area contributed by atoms with E-state index in [2.05, 4.69) is 5.32 Å². The molecule has 2 N–H and O–H groups in total. The minimum atomic E-state index is -0.389. The van der Waals surface area contributed by atoms with Crippen molar-refractivity contribution < 1.29 is 19.1 Å². The van der Waals surface area contributed by atoms with E-state index in [9.17, 15) is 9.59 Å². The average molecular weight is 285 g/mol. The van der Waals surface area contributed by atoms with E-state index in [1.165, 1.54) is 12.3 Å². The van der Waals surface area contributed by atoms with Gasteiger partial charge in [0.05, 0.1) is 18.6 Å². The first-order chi connectivity index (χ1) is 10.2. The van der Waals surface area contributed by atoms with Crippen LogP contribution in [0.15, 0.2) is 58.8 Å². The Bertz CT molecular complexity index is 630. The predicted molar refractivity (Wildman–Crippen MR) is 77.3 cm³/mol. The van der Waals surface area contributed by atoms with Crippen molar-refractivity contribution in [1.82, 2.24) is 5.32 Å². The highest BCUT2D eigenvalue weighted by molar-refractivity contribution is 6.06. The summed E-state index contributed by atoms with van der Waals surface area (Å²) in [5.41, 5.74) is 0.535. The third-order valence-corrected chi connectivity index (χ3v) is 2.75. The van der Waals surface area contributed by atoms with E-state index < -0.39 is 0 Å². The molecule has 0 saturated heterocycles. The zero-order valence-corrected chi connectivity index (χ0v) is 11.3. The number of carbonyl (C=O) groups is 2. The molecule has 5 nitrogen and oxygen atoms in total. The number of rotatable bonds is 6. The van der Waals surface area contributed by atoms with Crippen molar-refractivity contribution >= 4 is 17.8 Å². The first-order valence-corrected chi connectivity index (χ1v) is 6.46. The number of nitrogens with one attached hydrogen (secondary N) is 1. The van der Waals surface area contributed by atoms with E-state index in [4.69, 9.17) is 9.52 Å². The molecule has 1 aromatic heterocycles. The fourth-order valence-corrected chi connectivity index (χ4v) is 1.72. The highest BCUT2D eigenvalue weighted by Gasteiger charge is 2.14. The van der Waals surface area contributed by atoms with Crippen molar-refractivity contribution in [3.8, 4) is 0 Å². The van der Waals surface area contributed by atoms with Crippen LogP contribution in [0.5, 0.6) is 0 Å². The van der Waals surface area contributed by atoms with Crippen LogP contribution >= 0.6 is 0 Å². The van der Waals surface area contributed by atoms with Crippen LogP contribution in [0.25, 0.3) is 6.08 Å². The van der Waals surface area contributed by atoms with Crippen molar-refractivity contribution in [2.75, 3.05) is 6.61 Å². The number of aliphatic hydroxyl groups excluding tert-OH is 1. The minimum absolute atomic E-state index is 0.0678. The fraction of sp³-hybridized carbons (Fsp3) is 0.125. The summed E-state index contributed by atoms with van der Waals surface area (Å²) in [5.74, 6) is -0.303. The van der Waals surface area contributed by atoms with Crippen LogP contribution in [0, 0.1) is 0 Å². The second kappa shape index (κ2) is 7.21. The first kappa shape index (κ1) is 14.7. The molecule has 2 rings (SSSR count). The quantitative estimate of drug-likeness (QED) is 0.796. The van der Waals surface area contributed by atoms with Gasteiger partial charge in [0.25, 0.3) is 5.91 Å². The lowest BCUT2D eigenvalue weighted by Crippen LogP contribution is -2.27. The number of furan rings is 1. The molecular weight excluding hydrogens is 270 g/mol. The standard InChI is InChI=1S/C16H15NO4/c18-9-8-15(19)14(11-13-7-4-10-21-13)17-16(20)12-5-2-1-3-6-12/h1-7,10-11,18H,8-9H2,(H,17,20)/b14-11-. The lowest BCUT2D eigenvalue weighted by atomic mass is 10.1. The molecule has 0 unspecified atom stereocenters. The second-order valence-corrected chi connectivity index (χ2v) is 4.29. The number of hydrogen-bond acceptors (Lipinski definition) is 4. The smallest absolute Gasteiger partial charge is 0.255 e. The molecular formula is C16H15NO4. The van der Waals surface area contributed by atoms with Gasteiger partial charge in [-0.05, 0) is 24.3 Å². The van der Waals surface area contributed by atoms with Gasteiger partial charge >= 0.3 is 0 Å². The number of Topliss-reactive ketones (excluding diaryl/α,β-unsaturated/α-hetero) is 1. The molecule has 5 heteroatoms. The molecule has 0 aliphatic rings. The van der Waals surface area contributed by atoms with Gasteiger partial charge in [-0.25, -0.2) is 0 Å². The fourth-order valence-electron chi connectivity index (χ4n) is 1.72. The number of hydrogen-bond donors (Lipinski definition) is 2. The van der Waals surface area contributed by atoms with Gasteiger partial charge in [-0.15, -0.1) is 0 Å². The summed E-state index contributed by atoms with van der Waals surface area (Å²) < 4.78 is 5.14. The number of aliphatic hydroxyl groups is 1. The summed E-state index contributed by atoms with van der Waals surface area (Å²) in [6.45, 7) is -0.282. The van der Waals surface area contributed by atoms with E-state index in [-0.39, 0.29) is 30.4 Å². The molecule has 2 aromatic rings. The summed E-state index contributed by atoms with van der Waals surface area (Å²) in [4.78, 5) is 24.0. The van der Waals surface area contributed by atoms with Gasteiger partial charge in [-0.3, -0.25) is 9.59 Å². The third kappa shape index (κ3) is 4.15. The van der Waals surface area contributed by atoms with Gasteiger partial charge in [-0.1, -0.05) is 18.2 Å². The van der Waals surface area contributed by atoms with Crippen LogP contribution in [0.3, 0.4) is 0 Å². The van der Waals surface area contributed by atoms with Gasteiger partial charge in [0.1, 0.15) is 5.76 Å². The van der Waals surface area contributed by atoms with E-state index in [1.807, 2.05) is 0 Å². The molecule has 0 aliphatic carbocycles. The van der Waals surface area contributed by atoms with Crippen molar-refractivity contribution in [1.29, 1.82) is 0 Å². The monoisotopic (exact) mass is 285 g/mol. The zero-order chi connectivity index (χ0) is 15.1. The minimum Gasteiger partial charge on any atom is -0.465 e. The molecule has 0 fully saturated rings. The van der Waals surface area contributed by atoms with Crippen LogP contribution in [0.4, 0.5) is 0 Å². The second-order valence-electron chi connectivity index (χ2n) is 4.29. The molecule has 0 radical (unpaired) electrons. The summed E-state index contributed by atoms with van der Waals surface area (Å²) in [6, 6.07) is 11.9. The van der Waals surface area contributed by atoms with E-state index in [0.717, 1.165) is 0 Å². The molecule has 1 amide bonds. The highest BCUT2D eigenvalue weighted by Crippen LogP contribution is 2.09. The third-order valence-electron chi connectivity index (χ3n) is 2.75. The number of allylic oxidation sites excluding steroid dienone is 1. The predicted octanol–water partition coefficient (Wildman–Crippen LogP) is 2.00. The normalized spacial score (nSPS) is 11.2. The number of carbonyl (C=O) groups excluding carboxylic acids is 2. The Morgan fingerprint density at radius 2 is 1.90 bits per heavy atom. The van der Waals surface area contributed by atoms with Gasteiger partial charge in [0.2, 0.25) is 0 Å². The lowest BCUT2D eigenvalue weighted by molar-refractivity contribution is -0.116. The molecule has 0 atom stereocenters. The van der Waals surface area contributed by atoms with Crippen molar-refractivity contribution in [3.05, 3.63) is 65.7 Å². The van der Waals surface area contributed by atoms with Gasteiger partial charge in [0.15, 0.2) is 5.78 Å². The van der Waals surface area contributed by atoms with Gasteiger partial charge in [-0.2, -0.15) is 0 Å². The molecule has 0 bridgehead atoms. The van der Waals surface area contributed by atoms with E-state index in [0.29, 0.717) is 11.3 Å². The lowest BCUT2D eigenvalue weighted by Gasteiger charge is -2.08. The average Bonchev–Trinajstić information content (AvgIpc) is 3.00. The maximum atomic E-state index is 12.1. The summed E-state index contributed by atoms with van der Waals surface area (Å²) in [5, 5.41) is 11.4. The molecule has 108 valence electrons. The maximum Gasteiger partial charge on any atom is 0.255 e. The largest absolute Gasteiger partial charge is 0.465 e. The Morgan fingerprint density at radius 3 is 2.52 bits per heavy atom. The molecule has 1 aromatic carbocycles. The molecule has 1 heterocycles. The van der Waals surface area contributed by atoms with Crippen LogP contribution in [0.1, 0.15) is 22.5 Å². The van der Waals surface area contributed by atoms with Crippen LogP contribution < -0.4 is 5.32 Å². The Labute approximate surface area is 121 Å². The molecule has 21 heavy (non-hydrogen) atoms. The Kier molecular flexibility index (Phi) is 5.06. The Hall–Kier alpha value is -2.66. The summed E-state index contributed by atoms with van der Waals surface area (Å²) in [7, 11) is 0. The topological polar surface area (TPSA) is 79.5 Å². The highest BCUT2D eigenvalue weighted by atomic mass is 16.3. The molecule has 0 saturated carbocycles. The van der Waals surface area contributed by atoms with Crippen molar-refractivity contribution in [3.63, 3.8) is 0 Å². The SMILES string of the molecule is O=C(CCO)/C(=C/c1ccco1)NC(=O)c1ccccc1. The Balaban J connectivity index is 2.20. The van der Waals surface area contributed by atoms with Crippen molar-refractivity contribution in [2.45, 2.75) is 6.42 Å². The van der Waals surface area contributed by atoms with Crippen LogP contribution in [-0.2, 0) is 4.79 Å². The van der Waals surface area contributed by atoms with E-state index in [1.54, 1.807) is 42.5 Å². The van der Waals surface area contributed by atoms with Crippen LogP contribution in [0.2, 0.25) is 0 Å². The van der Waals surface area contributed by atoms with E-state index >= 15 is 0 Å². The van der Waals surface area contributed by atoms with Gasteiger partial charge < -0.3 is 14.8 Å². The number of ketones is 1. The number of amides is 1. The first-order valence-electron chi connectivity index (χ1n) is 6.46. The summed E-state index contributed by atoms with van der Waals surface area (Å²) >= 11 is 0.